The minimum atomic E-state index is -1.23. The van der Waals surface area contributed by atoms with Crippen LogP contribution in [-0.2, 0) is 4.06 Å². The molecule has 2 unspecified atom stereocenters. The zero-order valence-corrected chi connectivity index (χ0v) is 14.8. The molecule has 4 aliphatic rings. The van der Waals surface area contributed by atoms with E-state index < -0.39 is 8.32 Å². The standard InChI is InChI=1S/C15H28BrOSi/c1-4-18(5-2,6-3)17-13-7-12-8-14(17)11-15(16,9-12)10-13/h12-14H,4-11H2,1-3H3/q+1/t12?,13-,14+,15?. The van der Waals surface area contributed by atoms with E-state index in [4.69, 9.17) is 0 Å². The molecule has 0 aromatic rings. The van der Waals surface area contributed by atoms with E-state index in [1.165, 1.54) is 50.2 Å². The molecule has 0 N–H and O–H groups in total. The second kappa shape index (κ2) is 4.59. The molecule has 1 nitrogen and oxygen atoms in total. The molecule has 4 bridgehead atoms. The highest BCUT2D eigenvalue weighted by molar-refractivity contribution is 9.10. The first-order valence-electron chi connectivity index (χ1n) is 7.96. The Morgan fingerprint density at radius 1 is 1.00 bits per heavy atom. The Balaban J connectivity index is 1.90. The van der Waals surface area contributed by atoms with Crippen LogP contribution >= 0.6 is 15.9 Å². The number of alkyl halides is 1. The van der Waals surface area contributed by atoms with Gasteiger partial charge in [0.25, 0.3) is 0 Å². The van der Waals surface area contributed by atoms with Gasteiger partial charge in [-0.1, -0.05) is 36.7 Å². The van der Waals surface area contributed by atoms with Gasteiger partial charge in [-0.15, -0.1) is 0 Å². The Hall–Kier alpha value is 0.657. The number of rotatable bonds is 4. The summed E-state index contributed by atoms with van der Waals surface area (Å²) in [6, 6.07) is 4.28. The van der Waals surface area contributed by atoms with Crippen molar-refractivity contribution < 1.29 is 4.06 Å². The van der Waals surface area contributed by atoms with Crippen LogP contribution in [0.1, 0.15) is 52.9 Å². The average Bonchev–Trinajstić information content (AvgIpc) is 2.32. The third kappa shape index (κ3) is 1.88. The van der Waals surface area contributed by atoms with Crippen molar-refractivity contribution in [1.82, 2.24) is 0 Å². The minimum absolute atomic E-state index is 0.516. The number of hydrogen-bond acceptors (Lipinski definition) is 0. The van der Waals surface area contributed by atoms with Gasteiger partial charge in [0.15, 0.2) is 0 Å². The molecule has 2 aliphatic heterocycles. The summed E-state index contributed by atoms with van der Waals surface area (Å²) >= 11 is 4.09. The fourth-order valence-electron chi connectivity index (χ4n) is 5.37. The second-order valence-corrected chi connectivity index (χ2v) is 13.6. The number of halogens is 1. The van der Waals surface area contributed by atoms with Gasteiger partial charge in [0, 0.05) is 48.1 Å². The molecule has 18 heavy (non-hydrogen) atoms. The first-order valence-corrected chi connectivity index (χ1v) is 11.3. The summed E-state index contributed by atoms with van der Waals surface area (Å²) in [6.07, 6.45) is 8.91. The van der Waals surface area contributed by atoms with Crippen molar-refractivity contribution in [2.75, 3.05) is 0 Å². The molecule has 0 aromatic carbocycles. The summed E-state index contributed by atoms with van der Waals surface area (Å²) < 4.78 is 4.62. The van der Waals surface area contributed by atoms with Gasteiger partial charge in [-0.25, -0.2) is 0 Å². The van der Waals surface area contributed by atoms with Crippen LogP contribution in [0.2, 0.25) is 18.1 Å². The van der Waals surface area contributed by atoms with E-state index in [-0.39, 0.29) is 0 Å². The maximum absolute atomic E-state index is 4.10. The zero-order chi connectivity index (χ0) is 13.0. The van der Waals surface area contributed by atoms with Crippen LogP contribution in [0.5, 0.6) is 0 Å². The van der Waals surface area contributed by atoms with Gasteiger partial charge >= 0.3 is 8.32 Å². The molecule has 0 radical (unpaired) electrons. The normalized spacial score (nSPS) is 43.7. The summed E-state index contributed by atoms with van der Waals surface area (Å²) in [5, 5.41) is 0. The number of hydrogen-bond donors (Lipinski definition) is 0. The summed E-state index contributed by atoms with van der Waals surface area (Å²) in [5.74, 6) is 1.02. The van der Waals surface area contributed by atoms with Crippen molar-refractivity contribution in [2.45, 2.75) is 87.5 Å². The first-order chi connectivity index (χ1) is 8.56. The Morgan fingerprint density at radius 2 is 1.50 bits per heavy atom. The molecule has 2 aliphatic carbocycles. The maximum atomic E-state index is 4.10. The van der Waals surface area contributed by atoms with E-state index in [2.05, 4.69) is 40.8 Å². The van der Waals surface area contributed by atoms with Gasteiger partial charge < -0.3 is 4.06 Å². The average molecular weight is 332 g/mol. The van der Waals surface area contributed by atoms with Gasteiger partial charge in [-0.3, -0.25) is 0 Å². The van der Waals surface area contributed by atoms with E-state index in [9.17, 15) is 0 Å². The zero-order valence-electron chi connectivity index (χ0n) is 12.2. The van der Waals surface area contributed by atoms with Crippen molar-refractivity contribution in [1.29, 1.82) is 0 Å². The molecule has 3 heteroatoms. The first kappa shape index (κ1) is 13.6. The highest BCUT2D eigenvalue weighted by atomic mass is 79.9. The van der Waals surface area contributed by atoms with E-state index in [0.29, 0.717) is 4.32 Å². The quantitative estimate of drug-likeness (QED) is 0.386. The van der Waals surface area contributed by atoms with Crippen LogP contribution in [0.4, 0.5) is 0 Å². The molecule has 2 saturated heterocycles. The lowest BCUT2D eigenvalue weighted by molar-refractivity contribution is -0.227. The molecule has 4 atom stereocenters. The summed E-state index contributed by atoms with van der Waals surface area (Å²) in [4.78, 5) is 0. The summed E-state index contributed by atoms with van der Waals surface area (Å²) in [6.45, 7) is 7.34. The van der Waals surface area contributed by atoms with Gasteiger partial charge in [-0.2, -0.15) is 0 Å². The Kier molecular flexibility index (Phi) is 3.48. The van der Waals surface area contributed by atoms with E-state index in [1.54, 1.807) is 0 Å². The Morgan fingerprint density at radius 3 is 1.89 bits per heavy atom. The molecule has 2 heterocycles. The SMILES string of the molecule is CC[Si](CC)(CC)[O+]1[C@@H]2CC3C[C@H]1CC(Br)(C3)C2. The van der Waals surface area contributed by atoms with Crippen LogP contribution in [0, 0.1) is 5.92 Å². The molecular formula is C15H28BrOSi+. The molecule has 104 valence electrons. The third-order valence-electron chi connectivity index (χ3n) is 6.19. The lowest BCUT2D eigenvalue weighted by Gasteiger charge is -2.61. The molecule has 2 saturated carbocycles. The molecule has 0 spiro atoms. The molecule has 4 rings (SSSR count). The third-order valence-corrected chi connectivity index (χ3v) is 12.7. The van der Waals surface area contributed by atoms with Crippen molar-refractivity contribution in [3.8, 4) is 0 Å². The van der Waals surface area contributed by atoms with Crippen LogP contribution in [0.25, 0.3) is 0 Å². The van der Waals surface area contributed by atoms with Crippen molar-refractivity contribution in [3.63, 3.8) is 0 Å². The predicted octanol–water partition coefficient (Wildman–Crippen LogP) is 5.02. The molecule has 0 aromatic heterocycles. The molecule has 4 fully saturated rings. The van der Waals surface area contributed by atoms with Gasteiger partial charge in [0.05, 0.1) is 0 Å². The van der Waals surface area contributed by atoms with E-state index in [1.807, 2.05) is 0 Å². The Labute approximate surface area is 122 Å². The lowest BCUT2D eigenvalue weighted by Crippen LogP contribution is -2.66. The Bertz CT molecular complexity index is 304. The highest BCUT2D eigenvalue weighted by Crippen LogP contribution is 2.59. The summed E-state index contributed by atoms with van der Waals surface area (Å²) in [7, 11) is -1.23. The highest BCUT2D eigenvalue weighted by Gasteiger charge is 2.62. The van der Waals surface area contributed by atoms with Crippen molar-refractivity contribution >= 4 is 24.2 Å². The smallest absolute Gasteiger partial charge is 0.385 e. The van der Waals surface area contributed by atoms with Crippen LogP contribution < -0.4 is 0 Å². The minimum Gasteiger partial charge on any atom is -0.515 e. The summed E-state index contributed by atoms with van der Waals surface area (Å²) in [5.41, 5.74) is 0. The fraction of sp³-hybridized carbons (Fsp3) is 1.00. The van der Waals surface area contributed by atoms with E-state index in [0.717, 1.165) is 18.1 Å². The largest absolute Gasteiger partial charge is 0.515 e. The van der Waals surface area contributed by atoms with Crippen LogP contribution in [-0.4, -0.2) is 24.8 Å². The molecule has 0 amide bonds. The van der Waals surface area contributed by atoms with E-state index >= 15 is 0 Å². The van der Waals surface area contributed by atoms with Crippen LogP contribution in [0.3, 0.4) is 0 Å². The topological polar surface area (TPSA) is 2.70 Å². The van der Waals surface area contributed by atoms with Crippen LogP contribution in [0.15, 0.2) is 0 Å². The van der Waals surface area contributed by atoms with Crippen molar-refractivity contribution in [2.24, 2.45) is 5.92 Å². The predicted molar refractivity (Wildman–Crippen MR) is 84.1 cm³/mol. The monoisotopic (exact) mass is 331 g/mol. The lowest BCUT2D eigenvalue weighted by atomic mass is 9.67. The molecular weight excluding hydrogens is 304 g/mol. The van der Waals surface area contributed by atoms with Gasteiger partial charge in [-0.05, 0) is 12.3 Å². The van der Waals surface area contributed by atoms with Gasteiger partial charge in [0.2, 0.25) is 0 Å². The second-order valence-electron chi connectivity index (χ2n) is 6.96. The fourth-order valence-corrected chi connectivity index (χ4v) is 10.8. The van der Waals surface area contributed by atoms with Crippen molar-refractivity contribution in [3.05, 3.63) is 0 Å². The van der Waals surface area contributed by atoms with Gasteiger partial charge in [0.1, 0.15) is 12.2 Å². The maximum Gasteiger partial charge on any atom is 0.385 e.